The Kier molecular flexibility index (Phi) is 5.71. The van der Waals surface area contributed by atoms with Crippen molar-refractivity contribution >= 4 is 0 Å². The molecule has 1 aliphatic rings. The van der Waals surface area contributed by atoms with Crippen molar-refractivity contribution in [3.63, 3.8) is 0 Å². The van der Waals surface area contributed by atoms with E-state index in [0.29, 0.717) is 11.5 Å². The Bertz CT molecular complexity index is 790. The second kappa shape index (κ2) is 7.75. The zero-order chi connectivity index (χ0) is 17.1. The maximum atomic E-state index is 9.72. The Morgan fingerprint density at radius 3 is 1.68 bits per heavy atom. The first-order valence-corrected chi connectivity index (χ1v) is 8.11. The van der Waals surface area contributed by atoms with Gasteiger partial charge in [-0.15, -0.1) is 0 Å². The molecule has 0 bridgehead atoms. The third kappa shape index (κ3) is 3.45. The molecule has 0 amide bonds. The molecule has 3 aromatic carbocycles. The summed E-state index contributed by atoms with van der Waals surface area (Å²) >= 11 is 0. The quantitative estimate of drug-likeness (QED) is 0.445. The van der Waals surface area contributed by atoms with Crippen LogP contribution in [0.2, 0.25) is 0 Å². The van der Waals surface area contributed by atoms with E-state index in [4.69, 9.17) is 4.74 Å². The number of rotatable bonds is 1. The minimum absolute atomic E-state index is 0. The van der Waals surface area contributed by atoms with Crippen LogP contribution < -0.4 is 4.74 Å². The Labute approximate surface area is 149 Å². The fourth-order valence-electron chi connectivity index (χ4n) is 2.99. The van der Waals surface area contributed by atoms with Crippen LogP contribution in [-0.4, -0.2) is 10.2 Å². The van der Waals surface area contributed by atoms with Crippen LogP contribution in [0.4, 0.5) is 0 Å². The molecule has 3 nitrogen and oxygen atoms in total. The third-order valence-electron chi connectivity index (χ3n) is 3.97. The zero-order valence-electron chi connectivity index (χ0n) is 13.7. The van der Waals surface area contributed by atoms with Gasteiger partial charge in [-0.1, -0.05) is 63.7 Å². The molecule has 25 heavy (non-hydrogen) atoms. The topological polar surface area (TPSA) is 49.7 Å². The molecule has 1 heterocycles. The average molecular weight is 336 g/mol. The minimum atomic E-state index is 0. The molecular weight excluding hydrogens is 312 g/mol. The summed E-state index contributed by atoms with van der Waals surface area (Å²) < 4.78 is 5.87. The first kappa shape index (κ1) is 18.4. The van der Waals surface area contributed by atoms with Crippen LogP contribution in [0.3, 0.4) is 0 Å². The van der Waals surface area contributed by atoms with Gasteiger partial charge in [-0.3, -0.25) is 0 Å². The van der Waals surface area contributed by atoms with Crippen LogP contribution in [-0.2, 0) is 0 Å². The highest BCUT2D eigenvalue weighted by Crippen LogP contribution is 2.48. The summed E-state index contributed by atoms with van der Waals surface area (Å²) in [6, 6.07) is 20.5. The minimum Gasteiger partial charge on any atom is -0.508 e. The molecular formula is C22H24O3. The summed E-state index contributed by atoms with van der Waals surface area (Å²) in [5.41, 5.74) is 3.15. The van der Waals surface area contributed by atoms with Crippen molar-refractivity contribution < 1.29 is 14.9 Å². The highest BCUT2D eigenvalue weighted by atomic mass is 16.5. The van der Waals surface area contributed by atoms with Crippen LogP contribution in [0.15, 0.2) is 66.7 Å². The molecule has 1 aliphatic heterocycles. The van der Waals surface area contributed by atoms with Gasteiger partial charge in [0.2, 0.25) is 0 Å². The number of hydrogen-bond acceptors (Lipinski definition) is 3. The van der Waals surface area contributed by atoms with E-state index >= 15 is 0 Å². The summed E-state index contributed by atoms with van der Waals surface area (Å²) in [7, 11) is 0. The summed E-state index contributed by atoms with van der Waals surface area (Å²) in [5, 5.41) is 19.4. The molecule has 3 aromatic rings. The van der Waals surface area contributed by atoms with E-state index in [1.807, 2.05) is 44.2 Å². The average Bonchev–Trinajstić information content (AvgIpc) is 2.62. The molecule has 130 valence electrons. The summed E-state index contributed by atoms with van der Waals surface area (Å²) in [5.74, 6) is 1.57. The molecule has 3 heteroatoms. The fourth-order valence-corrected chi connectivity index (χ4v) is 2.99. The number of phenolic OH excluding ortho intramolecular Hbond substituents is 2. The molecule has 0 unspecified atom stereocenters. The lowest BCUT2D eigenvalue weighted by Gasteiger charge is -2.28. The van der Waals surface area contributed by atoms with Gasteiger partial charge in [-0.25, -0.2) is 0 Å². The van der Waals surface area contributed by atoms with Crippen LogP contribution in [0, 0.1) is 0 Å². The number of phenols is 2. The Morgan fingerprint density at radius 1 is 0.720 bits per heavy atom. The van der Waals surface area contributed by atoms with Gasteiger partial charge in [0, 0.05) is 29.2 Å². The first-order chi connectivity index (χ1) is 11.7. The molecule has 0 fully saturated rings. The number of ether oxygens (including phenoxy) is 1. The van der Waals surface area contributed by atoms with Crippen LogP contribution in [0.1, 0.15) is 43.9 Å². The van der Waals surface area contributed by atoms with E-state index in [-0.39, 0.29) is 24.8 Å². The Hall–Kier alpha value is -2.94. The number of aromatic hydroxyl groups is 2. The van der Waals surface area contributed by atoms with Crippen molar-refractivity contribution in [3.8, 4) is 23.0 Å². The summed E-state index contributed by atoms with van der Waals surface area (Å²) in [6.45, 7) is 4.00. The smallest absolute Gasteiger partial charge is 0.135 e. The normalized spacial score (nSPS) is 11.8. The molecule has 0 aromatic heterocycles. The van der Waals surface area contributed by atoms with Gasteiger partial charge in [0.25, 0.3) is 0 Å². The molecule has 4 rings (SSSR count). The van der Waals surface area contributed by atoms with E-state index in [1.54, 1.807) is 24.3 Å². The summed E-state index contributed by atoms with van der Waals surface area (Å²) in [4.78, 5) is 0. The zero-order valence-corrected chi connectivity index (χ0v) is 13.7. The maximum absolute atomic E-state index is 9.72. The lowest BCUT2D eigenvalue weighted by molar-refractivity contribution is 0.428. The monoisotopic (exact) mass is 336 g/mol. The second-order valence-electron chi connectivity index (χ2n) is 5.39. The fraction of sp³-hybridized carbons (Fsp3) is 0.182. The van der Waals surface area contributed by atoms with Crippen LogP contribution in [0.5, 0.6) is 23.0 Å². The molecule has 0 aliphatic carbocycles. The molecule has 0 saturated carbocycles. The highest BCUT2D eigenvalue weighted by molar-refractivity contribution is 5.60. The number of fused-ring (bicyclic) bond motifs is 2. The lowest BCUT2D eigenvalue weighted by atomic mass is 9.82. The van der Waals surface area contributed by atoms with Gasteiger partial charge in [-0.2, -0.15) is 0 Å². The van der Waals surface area contributed by atoms with Crippen LogP contribution in [0.25, 0.3) is 0 Å². The van der Waals surface area contributed by atoms with Gasteiger partial charge in [0.15, 0.2) is 0 Å². The van der Waals surface area contributed by atoms with E-state index in [1.165, 1.54) is 0 Å². The van der Waals surface area contributed by atoms with Crippen molar-refractivity contribution in [1.82, 2.24) is 0 Å². The van der Waals surface area contributed by atoms with Gasteiger partial charge < -0.3 is 14.9 Å². The van der Waals surface area contributed by atoms with Crippen molar-refractivity contribution in [1.29, 1.82) is 0 Å². The third-order valence-corrected chi connectivity index (χ3v) is 3.97. The predicted molar refractivity (Wildman–Crippen MR) is 102 cm³/mol. The molecule has 0 radical (unpaired) electrons. The van der Waals surface area contributed by atoms with Gasteiger partial charge >= 0.3 is 0 Å². The van der Waals surface area contributed by atoms with Crippen molar-refractivity contribution in [3.05, 3.63) is 83.4 Å². The summed E-state index contributed by atoms with van der Waals surface area (Å²) in [6.07, 6.45) is 0. The largest absolute Gasteiger partial charge is 0.508 e. The SMILES string of the molecule is C.CC.Oc1ccc2c(c1)Oc1cc(O)ccc1C2c1ccccc1. The number of hydrogen-bond donors (Lipinski definition) is 2. The van der Waals surface area contributed by atoms with Crippen molar-refractivity contribution in [2.75, 3.05) is 0 Å². The molecule has 0 saturated heterocycles. The van der Waals surface area contributed by atoms with E-state index in [9.17, 15) is 10.2 Å². The second-order valence-corrected chi connectivity index (χ2v) is 5.39. The molecule has 0 spiro atoms. The van der Waals surface area contributed by atoms with Gasteiger partial charge in [-0.05, 0) is 17.7 Å². The highest BCUT2D eigenvalue weighted by Gasteiger charge is 2.29. The van der Waals surface area contributed by atoms with Crippen molar-refractivity contribution in [2.24, 2.45) is 0 Å². The van der Waals surface area contributed by atoms with Gasteiger partial charge in [0.05, 0.1) is 0 Å². The van der Waals surface area contributed by atoms with Crippen molar-refractivity contribution in [2.45, 2.75) is 27.2 Å². The van der Waals surface area contributed by atoms with E-state index in [2.05, 4.69) is 12.1 Å². The van der Waals surface area contributed by atoms with Crippen LogP contribution >= 0.6 is 0 Å². The predicted octanol–water partition coefficient (Wildman–Crippen LogP) is 6.05. The molecule has 2 N–H and O–H groups in total. The van der Waals surface area contributed by atoms with E-state index in [0.717, 1.165) is 16.7 Å². The molecule has 0 atom stereocenters. The maximum Gasteiger partial charge on any atom is 0.135 e. The Balaban J connectivity index is 0.000000726. The standard InChI is InChI=1S/C19H14O3.C2H6.CH4/c20-13-6-8-15-17(10-13)22-18-11-14(21)7-9-16(18)19(15)12-4-2-1-3-5-12;1-2;/h1-11,19-21H;1-2H3;1H4. The van der Waals surface area contributed by atoms with Gasteiger partial charge in [0.1, 0.15) is 23.0 Å². The lowest BCUT2D eigenvalue weighted by Crippen LogP contribution is -2.11. The Morgan fingerprint density at radius 2 is 1.20 bits per heavy atom. The van der Waals surface area contributed by atoms with E-state index < -0.39 is 0 Å². The first-order valence-electron chi connectivity index (χ1n) is 8.11. The number of benzene rings is 3.